The van der Waals surface area contributed by atoms with Gasteiger partial charge in [-0.2, -0.15) is 0 Å². The highest BCUT2D eigenvalue weighted by molar-refractivity contribution is 7.92. The largest absolute Gasteiger partial charge is 0.247 e. The molecular weight excluding hydrogens is 258 g/mol. The minimum atomic E-state index is -3.23. The topological polar surface area (TPSA) is 47.0 Å². The molecule has 19 heavy (non-hydrogen) atoms. The minimum absolute atomic E-state index is 0.606. The van der Waals surface area contributed by atoms with Gasteiger partial charge >= 0.3 is 0 Å². The summed E-state index contributed by atoms with van der Waals surface area (Å²) < 4.78 is 22.2. The quantitative estimate of drug-likeness (QED) is 0.750. The molecule has 0 amide bonds. The van der Waals surface area contributed by atoms with Gasteiger partial charge in [-0.05, 0) is 31.2 Å². The van der Waals surface area contributed by atoms with Gasteiger partial charge in [-0.1, -0.05) is 30.2 Å². The SMILES string of the molecule is CC(C)(C#Cc1nccc2ccccc12)S(C)(=O)=O. The van der Waals surface area contributed by atoms with Crippen molar-refractivity contribution in [3.8, 4) is 11.8 Å². The Balaban J connectivity index is 2.55. The molecule has 0 saturated carbocycles. The Morgan fingerprint density at radius 2 is 1.84 bits per heavy atom. The third-order valence-corrected chi connectivity index (χ3v) is 5.04. The molecule has 1 aromatic heterocycles. The van der Waals surface area contributed by atoms with Crippen LogP contribution < -0.4 is 0 Å². The van der Waals surface area contributed by atoms with Gasteiger partial charge in [-0.25, -0.2) is 13.4 Å². The number of nitrogens with zero attached hydrogens (tertiary/aromatic N) is 1. The minimum Gasteiger partial charge on any atom is -0.247 e. The number of hydrogen-bond acceptors (Lipinski definition) is 3. The first-order valence-electron chi connectivity index (χ1n) is 5.88. The number of benzene rings is 1. The van der Waals surface area contributed by atoms with E-state index in [2.05, 4.69) is 16.8 Å². The summed E-state index contributed by atoms with van der Waals surface area (Å²) in [5.74, 6) is 5.70. The lowest BCUT2D eigenvalue weighted by atomic mass is 10.1. The first-order chi connectivity index (χ1) is 8.81. The first-order valence-corrected chi connectivity index (χ1v) is 7.77. The maximum atomic E-state index is 11.6. The maximum absolute atomic E-state index is 11.6. The predicted molar refractivity (Wildman–Crippen MR) is 77.5 cm³/mol. The van der Waals surface area contributed by atoms with E-state index >= 15 is 0 Å². The molecule has 1 heterocycles. The molecule has 1 aromatic carbocycles. The van der Waals surface area contributed by atoms with Gasteiger partial charge in [-0.15, -0.1) is 0 Å². The van der Waals surface area contributed by atoms with Crippen molar-refractivity contribution in [2.45, 2.75) is 18.6 Å². The van der Waals surface area contributed by atoms with Crippen LogP contribution in [0.2, 0.25) is 0 Å². The summed E-state index contributed by atoms with van der Waals surface area (Å²) in [5.41, 5.74) is 0.606. The average molecular weight is 273 g/mol. The van der Waals surface area contributed by atoms with Crippen molar-refractivity contribution in [3.05, 3.63) is 42.2 Å². The molecule has 0 radical (unpaired) electrons. The maximum Gasteiger partial charge on any atom is 0.163 e. The molecule has 0 N–H and O–H groups in total. The highest BCUT2D eigenvalue weighted by atomic mass is 32.2. The van der Waals surface area contributed by atoms with Crippen molar-refractivity contribution in [1.29, 1.82) is 0 Å². The fourth-order valence-electron chi connectivity index (χ4n) is 1.52. The van der Waals surface area contributed by atoms with Crippen LogP contribution in [0.1, 0.15) is 19.5 Å². The molecule has 2 rings (SSSR count). The molecule has 0 saturated heterocycles. The van der Waals surface area contributed by atoms with E-state index in [0.717, 1.165) is 10.8 Å². The molecule has 0 spiro atoms. The fourth-order valence-corrected chi connectivity index (χ4v) is 1.76. The van der Waals surface area contributed by atoms with Crippen LogP contribution in [0.15, 0.2) is 36.5 Å². The second-order valence-electron chi connectivity index (χ2n) is 4.91. The van der Waals surface area contributed by atoms with Crippen LogP contribution in [-0.2, 0) is 9.84 Å². The summed E-state index contributed by atoms with van der Waals surface area (Å²) in [5, 5.41) is 1.97. The highest BCUT2D eigenvalue weighted by Gasteiger charge is 2.27. The Bertz CT molecular complexity index is 775. The van der Waals surface area contributed by atoms with Crippen LogP contribution >= 0.6 is 0 Å². The molecule has 0 fully saturated rings. The van der Waals surface area contributed by atoms with Crippen molar-refractivity contribution in [3.63, 3.8) is 0 Å². The average Bonchev–Trinajstić information content (AvgIpc) is 2.35. The lowest BCUT2D eigenvalue weighted by molar-refractivity contribution is 0.581. The van der Waals surface area contributed by atoms with Crippen LogP contribution in [0.25, 0.3) is 10.8 Å². The first kappa shape index (κ1) is 13.6. The van der Waals surface area contributed by atoms with E-state index in [0.29, 0.717) is 5.69 Å². The third kappa shape index (κ3) is 2.77. The molecular formula is C15H15NO2S. The Kier molecular flexibility index (Phi) is 3.34. The molecule has 0 atom stereocenters. The zero-order valence-corrected chi connectivity index (χ0v) is 12.0. The summed E-state index contributed by atoms with van der Waals surface area (Å²) in [6.07, 6.45) is 2.87. The molecule has 0 aliphatic rings. The number of sulfone groups is 1. The molecule has 2 aromatic rings. The van der Waals surface area contributed by atoms with Crippen molar-refractivity contribution >= 4 is 20.6 Å². The van der Waals surface area contributed by atoms with Gasteiger partial charge in [0.2, 0.25) is 0 Å². The third-order valence-electron chi connectivity index (χ3n) is 3.08. The van der Waals surface area contributed by atoms with E-state index in [4.69, 9.17) is 0 Å². The van der Waals surface area contributed by atoms with Gasteiger partial charge in [0.15, 0.2) is 9.84 Å². The van der Waals surface area contributed by atoms with E-state index in [1.807, 2.05) is 30.3 Å². The number of hydrogen-bond donors (Lipinski definition) is 0. The van der Waals surface area contributed by atoms with Crippen LogP contribution in [-0.4, -0.2) is 24.4 Å². The van der Waals surface area contributed by atoms with Gasteiger partial charge in [0, 0.05) is 17.8 Å². The van der Waals surface area contributed by atoms with Crippen molar-refractivity contribution in [2.24, 2.45) is 0 Å². The van der Waals surface area contributed by atoms with E-state index in [9.17, 15) is 8.42 Å². The number of fused-ring (bicyclic) bond motifs is 1. The fraction of sp³-hybridized carbons (Fsp3) is 0.267. The second kappa shape index (κ2) is 4.67. The van der Waals surface area contributed by atoms with E-state index < -0.39 is 14.6 Å². The number of aromatic nitrogens is 1. The van der Waals surface area contributed by atoms with Crippen LogP contribution in [0.5, 0.6) is 0 Å². The Morgan fingerprint density at radius 3 is 2.53 bits per heavy atom. The monoisotopic (exact) mass is 273 g/mol. The van der Waals surface area contributed by atoms with Gasteiger partial charge < -0.3 is 0 Å². The summed E-state index contributed by atoms with van der Waals surface area (Å²) >= 11 is 0. The van der Waals surface area contributed by atoms with Crippen LogP contribution in [0, 0.1) is 11.8 Å². The number of rotatable bonds is 1. The van der Waals surface area contributed by atoms with Gasteiger partial charge in [-0.3, -0.25) is 0 Å². The van der Waals surface area contributed by atoms with Crippen molar-refractivity contribution < 1.29 is 8.42 Å². The number of pyridine rings is 1. The molecule has 0 aliphatic carbocycles. The van der Waals surface area contributed by atoms with E-state index in [1.54, 1.807) is 20.0 Å². The van der Waals surface area contributed by atoms with Crippen molar-refractivity contribution in [2.75, 3.05) is 6.26 Å². The normalized spacial score (nSPS) is 11.9. The van der Waals surface area contributed by atoms with Gasteiger partial charge in [0.1, 0.15) is 10.4 Å². The smallest absolute Gasteiger partial charge is 0.163 e. The molecule has 4 heteroatoms. The molecule has 3 nitrogen and oxygen atoms in total. The molecule has 98 valence electrons. The van der Waals surface area contributed by atoms with E-state index in [-0.39, 0.29) is 0 Å². The van der Waals surface area contributed by atoms with Gasteiger partial charge in [0.25, 0.3) is 0 Å². The lowest BCUT2D eigenvalue weighted by Gasteiger charge is -2.14. The Labute approximate surface area is 113 Å². The van der Waals surface area contributed by atoms with Crippen molar-refractivity contribution in [1.82, 2.24) is 4.98 Å². The Hall–Kier alpha value is -1.86. The summed E-state index contributed by atoms with van der Waals surface area (Å²) in [6.45, 7) is 3.20. The standard InChI is InChI=1S/C15H15NO2S/c1-15(2,19(3,17)18)10-8-14-13-7-5-4-6-12(13)9-11-16-14/h4-7,9,11H,1-3H3. The highest BCUT2D eigenvalue weighted by Crippen LogP contribution is 2.17. The van der Waals surface area contributed by atoms with Gasteiger partial charge in [0.05, 0.1) is 0 Å². The zero-order chi connectivity index (χ0) is 14.1. The second-order valence-corrected chi connectivity index (χ2v) is 7.48. The van der Waals surface area contributed by atoms with Crippen LogP contribution in [0.4, 0.5) is 0 Å². The lowest BCUT2D eigenvalue weighted by Crippen LogP contribution is -2.28. The summed E-state index contributed by atoms with van der Waals surface area (Å²) in [6, 6.07) is 9.67. The molecule has 0 unspecified atom stereocenters. The Morgan fingerprint density at radius 1 is 1.16 bits per heavy atom. The summed E-state index contributed by atoms with van der Waals surface area (Å²) in [4.78, 5) is 4.22. The molecule has 0 bridgehead atoms. The predicted octanol–water partition coefficient (Wildman–Crippen LogP) is 2.41. The summed E-state index contributed by atoms with van der Waals surface area (Å²) in [7, 11) is -3.23. The van der Waals surface area contributed by atoms with Crippen LogP contribution in [0.3, 0.4) is 0 Å². The van der Waals surface area contributed by atoms with E-state index in [1.165, 1.54) is 6.26 Å². The molecule has 0 aliphatic heterocycles. The zero-order valence-electron chi connectivity index (χ0n) is 11.1.